The molecule has 2 aromatic carbocycles. The molecular formula is C20H26N4O3. The lowest BCUT2D eigenvalue weighted by atomic mass is 10.2. The van der Waals surface area contributed by atoms with Gasteiger partial charge in [0.05, 0.1) is 13.2 Å². The largest absolute Gasteiger partial charge is 0.378 e. The van der Waals surface area contributed by atoms with Gasteiger partial charge in [-0.15, -0.1) is 9.81 Å². The summed E-state index contributed by atoms with van der Waals surface area (Å²) in [6.45, 7) is 8.67. The van der Waals surface area contributed by atoms with Gasteiger partial charge in [-0.2, -0.15) is 0 Å². The maximum absolute atomic E-state index is 10.5. The Morgan fingerprint density at radius 2 is 1.07 bits per heavy atom. The first-order chi connectivity index (χ1) is 13.2. The molecule has 0 saturated heterocycles. The molecule has 2 rings (SSSR count). The van der Waals surface area contributed by atoms with E-state index in [-0.39, 0.29) is 0 Å². The van der Waals surface area contributed by atoms with Crippen LogP contribution in [0.15, 0.2) is 58.9 Å². The van der Waals surface area contributed by atoms with E-state index in [1.807, 2.05) is 24.3 Å². The number of benzene rings is 2. The minimum Gasteiger partial charge on any atom is -0.378 e. The Bertz CT molecular complexity index is 643. The summed E-state index contributed by atoms with van der Waals surface area (Å²) in [6, 6.07) is 14.5. The van der Waals surface area contributed by atoms with Crippen LogP contribution in [0.3, 0.4) is 0 Å². The summed E-state index contributed by atoms with van der Waals surface area (Å²) >= 11 is 0. The third kappa shape index (κ3) is 6.14. The van der Waals surface area contributed by atoms with Crippen molar-refractivity contribution < 1.29 is 4.74 Å². The topological polar surface area (TPSA) is 74.6 Å². The van der Waals surface area contributed by atoms with Crippen molar-refractivity contribution in [3.05, 3.63) is 58.3 Å². The van der Waals surface area contributed by atoms with Crippen LogP contribution in [0.2, 0.25) is 0 Å². The van der Waals surface area contributed by atoms with Crippen molar-refractivity contribution in [3.63, 3.8) is 0 Å². The highest BCUT2D eigenvalue weighted by Gasteiger charge is 2.07. The quantitative estimate of drug-likeness (QED) is 0.394. The zero-order chi connectivity index (χ0) is 19.5. The van der Waals surface area contributed by atoms with E-state index in [1.54, 1.807) is 24.3 Å². The predicted octanol–water partition coefficient (Wildman–Crippen LogP) is 4.85. The average Bonchev–Trinajstić information content (AvgIpc) is 2.74. The van der Waals surface area contributed by atoms with E-state index in [9.17, 15) is 9.81 Å². The monoisotopic (exact) mass is 370 g/mol. The molecule has 0 aliphatic carbocycles. The van der Waals surface area contributed by atoms with Gasteiger partial charge in [0.15, 0.2) is 0 Å². The molecule has 0 radical (unpaired) electrons. The summed E-state index contributed by atoms with van der Waals surface area (Å²) in [5, 5.41) is 5.85. The van der Waals surface area contributed by atoms with E-state index >= 15 is 0 Å². The Morgan fingerprint density at radius 1 is 0.704 bits per heavy atom. The third-order valence-corrected chi connectivity index (χ3v) is 4.42. The molecule has 7 nitrogen and oxygen atoms in total. The van der Waals surface area contributed by atoms with Crippen LogP contribution in [0.4, 0.5) is 22.7 Å². The predicted molar refractivity (Wildman–Crippen MR) is 110 cm³/mol. The average molecular weight is 370 g/mol. The van der Waals surface area contributed by atoms with E-state index in [2.05, 4.69) is 34.0 Å². The number of likely N-dealkylation sites (N-methyl/N-ethyl adjacent to an activating group) is 2. The summed E-state index contributed by atoms with van der Waals surface area (Å²) in [7, 11) is 0. The fourth-order valence-electron chi connectivity index (χ4n) is 2.84. The Balaban J connectivity index is 1.76. The number of hydrogen-bond acceptors (Lipinski definition) is 7. The highest BCUT2D eigenvalue weighted by Crippen LogP contribution is 2.20. The number of nitroso groups, excluding NO2 is 2. The molecule has 0 spiro atoms. The highest BCUT2D eigenvalue weighted by molar-refractivity contribution is 5.53. The van der Waals surface area contributed by atoms with Gasteiger partial charge < -0.3 is 14.5 Å². The van der Waals surface area contributed by atoms with Crippen molar-refractivity contribution in [1.82, 2.24) is 0 Å². The molecule has 0 unspecified atom stereocenters. The summed E-state index contributed by atoms with van der Waals surface area (Å²) in [5.74, 6) is 0. The number of ether oxygens (including phenoxy) is 1. The van der Waals surface area contributed by atoms with Crippen molar-refractivity contribution >= 4 is 22.7 Å². The number of rotatable bonds is 12. The first-order valence-electron chi connectivity index (χ1n) is 9.16. The molecule has 0 heterocycles. The molecular weight excluding hydrogens is 344 g/mol. The molecule has 2 aromatic rings. The molecule has 0 aromatic heterocycles. The number of hydrogen-bond donors (Lipinski definition) is 0. The van der Waals surface area contributed by atoms with E-state index in [0.29, 0.717) is 24.6 Å². The molecule has 0 aliphatic rings. The summed E-state index contributed by atoms with van der Waals surface area (Å²) in [5.41, 5.74) is 2.96. The first kappa shape index (κ1) is 20.5. The van der Waals surface area contributed by atoms with Gasteiger partial charge in [-0.05, 0) is 72.7 Å². The maximum Gasteiger partial charge on any atom is 0.108 e. The lowest BCUT2D eigenvalue weighted by molar-refractivity contribution is 0.146. The summed E-state index contributed by atoms with van der Waals surface area (Å²) in [6.07, 6.45) is 0. The van der Waals surface area contributed by atoms with Gasteiger partial charge in [0.25, 0.3) is 0 Å². The molecule has 7 heteroatoms. The highest BCUT2D eigenvalue weighted by atomic mass is 16.5. The lowest BCUT2D eigenvalue weighted by Crippen LogP contribution is -2.30. The SMILES string of the molecule is CCN(CCOCCN(CC)c1ccc(N=O)cc1)c1ccc(N=O)cc1. The smallest absolute Gasteiger partial charge is 0.108 e. The van der Waals surface area contributed by atoms with Crippen molar-refractivity contribution in [2.45, 2.75) is 13.8 Å². The van der Waals surface area contributed by atoms with Crippen LogP contribution in [-0.4, -0.2) is 39.4 Å². The van der Waals surface area contributed by atoms with Crippen LogP contribution in [-0.2, 0) is 4.74 Å². The van der Waals surface area contributed by atoms with Gasteiger partial charge in [0.2, 0.25) is 0 Å². The minimum absolute atomic E-state index is 0.433. The molecule has 144 valence electrons. The number of nitrogens with zero attached hydrogens (tertiary/aromatic N) is 4. The van der Waals surface area contributed by atoms with E-state index in [4.69, 9.17) is 4.74 Å². The minimum atomic E-state index is 0.433. The van der Waals surface area contributed by atoms with E-state index in [1.165, 1.54) is 0 Å². The lowest BCUT2D eigenvalue weighted by Gasteiger charge is -2.25. The first-order valence-corrected chi connectivity index (χ1v) is 9.16. The molecule has 27 heavy (non-hydrogen) atoms. The van der Waals surface area contributed by atoms with Crippen molar-refractivity contribution in [1.29, 1.82) is 0 Å². The van der Waals surface area contributed by atoms with Gasteiger partial charge in [0.1, 0.15) is 11.4 Å². The van der Waals surface area contributed by atoms with E-state index in [0.717, 1.165) is 37.6 Å². The van der Waals surface area contributed by atoms with Crippen molar-refractivity contribution in [3.8, 4) is 0 Å². The van der Waals surface area contributed by atoms with E-state index < -0.39 is 0 Å². The van der Waals surface area contributed by atoms with Gasteiger partial charge in [0, 0.05) is 37.6 Å². The molecule has 0 atom stereocenters. The fourth-order valence-corrected chi connectivity index (χ4v) is 2.84. The Morgan fingerprint density at radius 3 is 1.37 bits per heavy atom. The molecule has 0 aliphatic heterocycles. The second-order valence-corrected chi connectivity index (χ2v) is 5.99. The second kappa shape index (κ2) is 11.0. The van der Waals surface area contributed by atoms with Crippen molar-refractivity contribution in [2.75, 3.05) is 49.2 Å². The van der Waals surface area contributed by atoms with Gasteiger partial charge in [-0.1, -0.05) is 0 Å². The standard InChI is InChI=1S/C20H26N4O3/c1-3-23(19-9-5-17(21-25)6-10-19)13-15-27-16-14-24(4-2)20-11-7-18(22-26)8-12-20/h5-12H,3-4,13-16H2,1-2H3. The van der Waals surface area contributed by atoms with Crippen LogP contribution in [0, 0.1) is 9.81 Å². The maximum atomic E-state index is 10.5. The Kier molecular flexibility index (Phi) is 8.38. The van der Waals surface area contributed by atoms with Crippen molar-refractivity contribution in [2.24, 2.45) is 10.4 Å². The summed E-state index contributed by atoms with van der Waals surface area (Å²) in [4.78, 5) is 25.4. The second-order valence-electron chi connectivity index (χ2n) is 5.99. The van der Waals surface area contributed by atoms with Crippen LogP contribution in [0.5, 0.6) is 0 Å². The fraction of sp³-hybridized carbons (Fsp3) is 0.400. The van der Waals surface area contributed by atoms with Gasteiger partial charge >= 0.3 is 0 Å². The molecule has 0 amide bonds. The molecule has 0 fully saturated rings. The van der Waals surface area contributed by atoms with Gasteiger partial charge in [-0.3, -0.25) is 0 Å². The molecule has 0 bridgehead atoms. The normalized spacial score (nSPS) is 10.4. The van der Waals surface area contributed by atoms with Crippen LogP contribution in [0.25, 0.3) is 0 Å². The summed E-state index contributed by atoms with van der Waals surface area (Å²) < 4.78 is 5.81. The number of anilines is 2. The van der Waals surface area contributed by atoms with Gasteiger partial charge in [-0.25, -0.2) is 0 Å². The third-order valence-electron chi connectivity index (χ3n) is 4.42. The molecule has 0 saturated carbocycles. The van der Waals surface area contributed by atoms with Crippen LogP contribution in [0.1, 0.15) is 13.8 Å². The molecule has 0 N–H and O–H groups in total. The Hall–Kier alpha value is -2.80. The zero-order valence-corrected chi connectivity index (χ0v) is 15.9. The zero-order valence-electron chi connectivity index (χ0n) is 15.9. The van der Waals surface area contributed by atoms with Crippen LogP contribution < -0.4 is 9.80 Å². The Labute approximate surface area is 159 Å². The van der Waals surface area contributed by atoms with Crippen LogP contribution >= 0.6 is 0 Å².